The first-order valence-electron chi connectivity index (χ1n) is 20.4. The van der Waals surface area contributed by atoms with Crippen molar-refractivity contribution in [1.29, 1.82) is 0 Å². The number of hydrogen-bond acceptors (Lipinski definition) is 2. The average Bonchev–Trinajstić information content (AvgIpc) is 3.84. The molecule has 4 nitrogen and oxygen atoms in total. The first-order valence-corrected chi connectivity index (χ1v) is 20.4. The summed E-state index contributed by atoms with van der Waals surface area (Å²) in [6.45, 7) is 13.4. The van der Waals surface area contributed by atoms with Crippen LogP contribution < -0.4 is 9.47 Å². The summed E-state index contributed by atoms with van der Waals surface area (Å²) in [5.41, 5.74) is 13.4. The largest absolute Gasteiger partial charge is 0.847 e. The smallest absolute Gasteiger partial charge is 0.497 e. The van der Waals surface area contributed by atoms with Crippen molar-refractivity contribution in [2.75, 3.05) is 14.2 Å². The molecule has 9 rings (SSSR count). The molecule has 0 unspecified atom stereocenters. The number of nitrogens with zero attached hydrogens (tertiary/aromatic N) is 2. The van der Waals surface area contributed by atoms with Crippen LogP contribution in [0.15, 0.2) is 157 Å². The quantitative estimate of drug-likeness (QED) is 0.151. The van der Waals surface area contributed by atoms with Crippen LogP contribution >= 0.6 is 0 Å². The fourth-order valence-electron chi connectivity index (χ4n) is 8.64. The fourth-order valence-corrected chi connectivity index (χ4v) is 8.64. The van der Waals surface area contributed by atoms with Gasteiger partial charge in [0.05, 0.1) is 31.1 Å². The minimum atomic E-state index is -1.60. The van der Waals surface area contributed by atoms with Crippen LogP contribution in [0.3, 0.4) is 0 Å². The van der Waals surface area contributed by atoms with Gasteiger partial charge in [-0.15, -0.1) is 0 Å². The van der Waals surface area contributed by atoms with Crippen molar-refractivity contribution >= 4 is 34.9 Å². The topological polar surface area (TPSA) is 26.4 Å². The van der Waals surface area contributed by atoms with Gasteiger partial charge in [0.1, 0.15) is 11.5 Å². The predicted molar refractivity (Wildman–Crippen MR) is 243 cm³/mol. The minimum absolute atomic E-state index is 0.0205. The Morgan fingerprint density at radius 1 is 0.559 bits per heavy atom. The lowest BCUT2D eigenvalue weighted by molar-refractivity contribution is -0.332. The predicted octanol–water partition coefficient (Wildman–Crippen LogP) is 12.8. The Balaban J connectivity index is 1.43. The molecule has 0 atom stereocenters. The zero-order chi connectivity index (χ0) is 41.2. The Morgan fingerprint density at radius 2 is 1.08 bits per heavy atom. The van der Waals surface area contributed by atoms with Gasteiger partial charge in [0.15, 0.2) is 5.71 Å². The van der Waals surface area contributed by atoms with Crippen molar-refractivity contribution in [2.45, 2.75) is 52.4 Å². The van der Waals surface area contributed by atoms with E-state index < -0.39 is 7.26 Å². The number of methoxy groups -OCH3 is 2. The summed E-state index contributed by atoms with van der Waals surface area (Å²) < 4.78 is 33.7. The van der Waals surface area contributed by atoms with Crippen LogP contribution in [0.4, 0.5) is 4.32 Å². The molecule has 59 heavy (non-hydrogen) atoms. The monoisotopic (exact) mass is 775 g/mol. The molecule has 0 bridgehead atoms. The van der Waals surface area contributed by atoms with Crippen molar-refractivity contribution < 1.29 is 18.3 Å². The van der Waals surface area contributed by atoms with Crippen molar-refractivity contribution in [2.24, 2.45) is 0 Å². The lowest BCUT2D eigenvalue weighted by atomic mass is 9.82. The van der Waals surface area contributed by atoms with Crippen LogP contribution in [-0.4, -0.2) is 36.2 Å². The first kappa shape index (κ1) is 38.1. The van der Waals surface area contributed by atoms with Crippen LogP contribution in [0, 0.1) is 0 Å². The molecule has 292 valence electrons. The van der Waals surface area contributed by atoms with E-state index in [2.05, 4.69) is 145 Å². The first-order chi connectivity index (χ1) is 28.4. The Hall–Kier alpha value is -6.40. The Kier molecular flexibility index (Phi) is 9.35. The van der Waals surface area contributed by atoms with Crippen molar-refractivity contribution in [3.8, 4) is 33.9 Å². The number of rotatable bonds is 7. The summed E-state index contributed by atoms with van der Waals surface area (Å²) in [4.78, 5) is 0. The van der Waals surface area contributed by atoms with E-state index in [4.69, 9.17) is 9.47 Å². The summed E-state index contributed by atoms with van der Waals surface area (Å²) in [6.07, 6.45) is 2.18. The van der Waals surface area contributed by atoms with Gasteiger partial charge in [-0.2, -0.15) is 0 Å². The lowest BCUT2D eigenvalue weighted by Gasteiger charge is -2.25. The van der Waals surface area contributed by atoms with Crippen LogP contribution in [0.2, 0.25) is 0 Å². The number of halogens is 1. The number of ether oxygens (including phenoxy) is 2. The average molecular weight is 776 g/mol. The van der Waals surface area contributed by atoms with Crippen molar-refractivity contribution in [3.05, 3.63) is 191 Å². The van der Waals surface area contributed by atoms with Gasteiger partial charge in [0.2, 0.25) is 5.70 Å². The molecule has 0 N–H and O–H groups in total. The molecule has 3 heterocycles. The molecular formula is C53H49BFN2O2+. The van der Waals surface area contributed by atoms with Crippen molar-refractivity contribution in [1.82, 2.24) is 4.48 Å². The second-order valence-corrected chi connectivity index (χ2v) is 17.6. The molecule has 0 saturated heterocycles. The lowest BCUT2D eigenvalue weighted by Crippen LogP contribution is -2.41. The number of fused-ring (bicyclic) bond motifs is 3. The van der Waals surface area contributed by atoms with Gasteiger partial charge in [-0.1, -0.05) is 133 Å². The molecule has 1 aromatic heterocycles. The molecule has 0 spiro atoms. The highest BCUT2D eigenvalue weighted by atomic mass is 19.1. The maximum absolute atomic E-state index is 18.7. The zero-order valence-electron chi connectivity index (χ0n) is 35.1. The highest BCUT2D eigenvalue weighted by molar-refractivity contribution is 6.46. The summed E-state index contributed by atoms with van der Waals surface area (Å²) in [5, 5.41) is 2.22. The van der Waals surface area contributed by atoms with E-state index in [1.165, 1.54) is 11.1 Å². The van der Waals surface area contributed by atoms with Crippen LogP contribution in [0.1, 0.15) is 75.1 Å². The molecule has 6 heteroatoms. The van der Waals surface area contributed by atoms with E-state index in [0.717, 1.165) is 89.6 Å². The molecule has 0 radical (unpaired) electrons. The summed E-state index contributed by atoms with van der Waals surface area (Å²) in [5.74, 6) is 1.49. The SMILES string of the molecule is COc1ccc(C2=[N+]3B(F)n4c(-c5ccc(OC)cc5)cc(-c5ccc(C(C)(C)C)cc5)c4C(c4cccc5ccccc45)=C3C(c3ccc(C(C)(C)C)cc3)=C2)cc1. The maximum atomic E-state index is 18.7. The number of hydrogen-bond donors (Lipinski definition) is 0. The van der Waals surface area contributed by atoms with E-state index in [1.54, 1.807) is 14.2 Å². The molecule has 6 aromatic carbocycles. The van der Waals surface area contributed by atoms with Gasteiger partial charge in [-0.05, 0) is 110 Å². The van der Waals surface area contributed by atoms with Gasteiger partial charge in [-0.25, -0.2) is 8.80 Å². The molecule has 0 saturated carbocycles. The van der Waals surface area contributed by atoms with E-state index in [-0.39, 0.29) is 10.8 Å². The van der Waals surface area contributed by atoms with E-state index in [1.807, 2.05) is 57.5 Å². The summed E-state index contributed by atoms with van der Waals surface area (Å²) in [6, 6.07) is 50.7. The Morgan fingerprint density at radius 3 is 1.66 bits per heavy atom. The number of allylic oxidation sites excluding steroid dienone is 2. The van der Waals surface area contributed by atoms with Gasteiger partial charge < -0.3 is 9.47 Å². The standard InChI is InChI=1S/C53H49BFN2O2/c1-52(2,3)39-24-16-35(17-25-39)45-32-47(37-20-28-41(58-7)29-21-37)56-50(45)49(44-15-11-13-34-12-9-10-14-43(34)44)51-46(36-18-26-40(27-19-36)53(4,5)6)33-48(57(51)54(56)55)38-22-30-42(59-8)31-23-38/h9-33H,1-8H3/q+1. The third kappa shape index (κ3) is 6.61. The Bertz CT molecular complexity index is 2830. The molecular weight excluding hydrogens is 726 g/mol. The van der Waals surface area contributed by atoms with Crippen LogP contribution in [0.25, 0.3) is 44.3 Å². The maximum Gasteiger partial charge on any atom is 0.847 e. The molecule has 0 fully saturated rings. The van der Waals surface area contributed by atoms with E-state index >= 15 is 4.32 Å². The highest BCUT2D eigenvalue weighted by Crippen LogP contribution is 2.50. The van der Waals surface area contributed by atoms with E-state index in [9.17, 15) is 0 Å². The molecule has 7 aromatic rings. The van der Waals surface area contributed by atoms with Crippen LogP contribution in [-0.2, 0) is 10.8 Å². The van der Waals surface area contributed by atoms with Crippen molar-refractivity contribution in [3.63, 3.8) is 0 Å². The van der Waals surface area contributed by atoms with Crippen LogP contribution in [0.5, 0.6) is 11.5 Å². The fraction of sp³-hybridized carbons (Fsp3) is 0.189. The van der Waals surface area contributed by atoms with Gasteiger partial charge in [0, 0.05) is 22.9 Å². The molecule has 2 aliphatic rings. The summed E-state index contributed by atoms with van der Waals surface area (Å²) in [7, 11) is 1.73. The minimum Gasteiger partial charge on any atom is -0.497 e. The van der Waals surface area contributed by atoms with E-state index in [0.29, 0.717) is 0 Å². The molecule has 2 aliphatic heterocycles. The number of aromatic nitrogens is 1. The third-order valence-corrected chi connectivity index (χ3v) is 11.9. The second-order valence-electron chi connectivity index (χ2n) is 17.6. The van der Waals surface area contributed by atoms with Gasteiger partial charge in [0.25, 0.3) is 0 Å². The molecule has 0 amide bonds. The normalized spacial score (nSPS) is 14.1. The van der Waals surface area contributed by atoms with Gasteiger partial charge in [-0.3, -0.25) is 4.48 Å². The third-order valence-electron chi connectivity index (χ3n) is 11.9. The summed E-state index contributed by atoms with van der Waals surface area (Å²) >= 11 is 0. The zero-order valence-corrected chi connectivity index (χ0v) is 35.1. The molecule has 0 aliphatic carbocycles. The van der Waals surface area contributed by atoms with Gasteiger partial charge >= 0.3 is 7.26 Å². The Labute approximate surface area is 347 Å². The number of benzene rings is 6. The highest BCUT2D eigenvalue weighted by Gasteiger charge is 2.54. The second kappa shape index (κ2) is 14.5.